The van der Waals surface area contributed by atoms with E-state index >= 15 is 0 Å². The number of hydrogen-bond acceptors (Lipinski definition) is 5. The SMILES string of the molecule is [2H]N[C@@H](CO)C(=O)N[C@@H](C)C(=O)OC. The maximum absolute atomic E-state index is 11.2. The first-order valence-corrected chi connectivity index (χ1v) is 3.73. The van der Waals surface area contributed by atoms with Gasteiger partial charge in [-0.3, -0.25) is 4.79 Å². The zero-order chi connectivity index (χ0) is 11.1. The predicted molar refractivity (Wildman–Crippen MR) is 44.7 cm³/mol. The van der Waals surface area contributed by atoms with E-state index in [9.17, 15) is 9.59 Å². The van der Waals surface area contributed by atoms with Crippen LogP contribution in [0.3, 0.4) is 0 Å². The Morgan fingerprint density at radius 1 is 1.77 bits per heavy atom. The first kappa shape index (κ1) is 9.94. The molecule has 1 amide bonds. The van der Waals surface area contributed by atoms with Crippen LogP contribution in [0, 0.1) is 0 Å². The highest BCUT2D eigenvalue weighted by Crippen LogP contribution is 1.87. The lowest BCUT2D eigenvalue weighted by Crippen LogP contribution is -2.48. The Morgan fingerprint density at radius 3 is 2.77 bits per heavy atom. The number of methoxy groups -OCH3 is 1. The molecule has 0 aliphatic heterocycles. The van der Waals surface area contributed by atoms with Crippen LogP contribution in [0.5, 0.6) is 0 Å². The Kier molecular flexibility index (Phi) is 4.20. The van der Waals surface area contributed by atoms with Crippen LogP contribution >= 0.6 is 0 Å². The van der Waals surface area contributed by atoms with Crippen LogP contribution in [0.1, 0.15) is 6.92 Å². The molecule has 0 rings (SSSR count). The number of esters is 1. The molecule has 0 aliphatic carbocycles. The molecule has 0 aliphatic rings. The van der Waals surface area contributed by atoms with Crippen LogP contribution in [0.4, 0.5) is 0 Å². The van der Waals surface area contributed by atoms with Gasteiger partial charge < -0.3 is 20.9 Å². The Labute approximate surface area is 77.5 Å². The molecule has 0 heterocycles. The lowest BCUT2D eigenvalue weighted by Gasteiger charge is -2.13. The van der Waals surface area contributed by atoms with Crippen molar-refractivity contribution in [2.24, 2.45) is 5.73 Å². The third kappa shape index (κ3) is 3.86. The van der Waals surface area contributed by atoms with E-state index in [2.05, 4.69) is 10.1 Å². The van der Waals surface area contributed by atoms with Crippen molar-refractivity contribution in [1.29, 1.82) is 0 Å². The van der Waals surface area contributed by atoms with E-state index in [1.165, 1.54) is 14.0 Å². The molecule has 0 bridgehead atoms. The molecule has 76 valence electrons. The lowest BCUT2D eigenvalue weighted by atomic mass is 10.2. The van der Waals surface area contributed by atoms with Crippen LogP contribution in [0.25, 0.3) is 0 Å². The van der Waals surface area contributed by atoms with E-state index in [1.54, 1.807) is 0 Å². The second-order valence-corrected chi connectivity index (χ2v) is 2.49. The van der Waals surface area contributed by atoms with Gasteiger partial charge in [0.2, 0.25) is 5.91 Å². The van der Waals surface area contributed by atoms with Crippen LogP contribution in [0.2, 0.25) is 1.41 Å². The molecule has 0 unspecified atom stereocenters. The van der Waals surface area contributed by atoms with Crippen LogP contribution in [-0.2, 0) is 14.3 Å². The monoisotopic (exact) mass is 191 g/mol. The van der Waals surface area contributed by atoms with E-state index < -0.39 is 30.6 Å². The third-order valence-electron chi connectivity index (χ3n) is 1.41. The quantitative estimate of drug-likeness (QED) is 0.435. The van der Waals surface area contributed by atoms with Crippen LogP contribution < -0.4 is 11.0 Å². The van der Waals surface area contributed by atoms with Crippen LogP contribution in [0.15, 0.2) is 0 Å². The standard InChI is InChI=1S/C7H14N2O4/c1-4(7(12)13-2)9-6(11)5(8)3-10/h4-5,10H,3,8H2,1-2H3,(H,9,11)/t4-,5-/m0/s1/i/hD. The highest BCUT2D eigenvalue weighted by atomic mass is 16.5. The van der Waals surface area contributed by atoms with E-state index in [1.807, 2.05) is 5.73 Å². The fourth-order valence-corrected chi connectivity index (χ4v) is 0.633. The van der Waals surface area contributed by atoms with Gasteiger partial charge >= 0.3 is 5.97 Å². The number of nitrogens with one attached hydrogen (secondary N) is 1. The maximum atomic E-state index is 11.2. The summed E-state index contributed by atoms with van der Waals surface area (Å²) in [6.07, 6.45) is 0. The van der Waals surface area contributed by atoms with Crippen molar-refractivity contribution in [2.75, 3.05) is 13.7 Å². The molecule has 4 N–H and O–H groups in total. The Morgan fingerprint density at radius 2 is 2.38 bits per heavy atom. The van der Waals surface area contributed by atoms with Gasteiger partial charge in [0.15, 0.2) is 0 Å². The molecule has 6 heteroatoms. The summed E-state index contributed by atoms with van der Waals surface area (Å²) >= 11 is 0. The number of aliphatic hydroxyl groups excluding tert-OH is 1. The van der Waals surface area contributed by atoms with Gasteiger partial charge in [-0.05, 0) is 6.92 Å². The summed E-state index contributed by atoms with van der Waals surface area (Å²) in [4.78, 5) is 22.1. The summed E-state index contributed by atoms with van der Waals surface area (Å²) in [5.74, 6) is -1.21. The topological polar surface area (TPSA) is 102 Å². The number of carbonyl (C=O) groups is 2. The van der Waals surface area contributed by atoms with Gasteiger partial charge in [-0.25, -0.2) is 4.79 Å². The summed E-state index contributed by atoms with van der Waals surface area (Å²) < 4.78 is 11.1. The fourth-order valence-electron chi connectivity index (χ4n) is 0.633. The van der Waals surface area contributed by atoms with Gasteiger partial charge in [-0.1, -0.05) is 0 Å². The molecule has 0 saturated heterocycles. The van der Waals surface area contributed by atoms with Crippen molar-refractivity contribution in [3.63, 3.8) is 0 Å². The van der Waals surface area contributed by atoms with E-state index in [0.717, 1.165) is 0 Å². The lowest BCUT2D eigenvalue weighted by molar-refractivity contribution is -0.144. The maximum Gasteiger partial charge on any atom is 0.328 e. The molecule has 0 fully saturated rings. The van der Waals surface area contributed by atoms with Crippen molar-refractivity contribution in [3.8, 4) is 0 Å². The second kappa shape index (κ2) is 5.50. The minimum atomic E-state index is -1.04. The highest BCUT2D eigenvalue weighted by molar-refractivity contribution is 5.87. The first-order chi connectivity index (χ1) is 6.56. The average molecular weight is 191 g/mol. The van der Waals surface area contributed by atoms with Crippen molar-refractivity contribution < 1.29 is 20.8 Å². The van der Waals surface area contributed by atoms with Crippen LogP contribution in [-0.4, -0.2) is 42.8 Å². The largest absolute Gasteiger partial charge is 0.467 e. The van der Waals surface area contributed by atoms with E-state index in [-0.39, 0.29) is 0 Å². The Bertz CT molecular complexity index is 208. The van der Waals surface area contributed by atoms with Crippen molar-refractivity contribution in [3.05, 3.63) is 0 Å². The van der Waals surface area contributed by atoms with Gasteiger partial charge in [-0.2, -0.15) is 0 Å². The molecule has 6 nitrogen and oxygen atoms in total. The molecule has 0 saturated carbocycles. The molecule has 0 aromatic rings. The molecular formula is C7H14N2O4. The minimum Gasteiger partial charge on any atom is -0.467 e. The van der Waals surface area contributed by atoms with Gasteiger partial charge in [0.05, 0.1) is 13.7 Å². The number of carbonyl (C=O) groups excluding carboxylic acids is 2. The molecule has 2 atom stereocenters. The number of amides is 1. The fraction of sp³-hybridized carbons (Fsp3) is 0.714. The summed E-state index contributed by atoms with van der Waals surface area (Å²) in [6, 6.07) is -1.84. The summed E-state index contributed by atoms with van der Waals surface area (Å²) in [7, 11) is 1.21. The van der Waals surface area contributed by atoms with E-state index in [0.29, 0.717) is 0 Å². The van der Waals surface area contributed by atoms with E-state index in [4.69, 9.17) is 6.52 Å². The molecular weight excluding hydrogens is 176 g/mol. The molecule has 13 heavy (non-hydrogen) atoms. The first-order valence-electron chi connectivity index (χ1n) is 4.23. The number of ether oxygens (including phenoxy) is 1. The van der Waals surface area contributed by atoms with Crippen molar-refractivity contribution in [1.82, 2.24) is 5.32 Å². The summed E-state index contributed by atoms with van der Waals surface area (Å²) in [5, 5.41) is 10.9. The Balaban J connectivity index is 4.10. The van der Waals surface area contributed by atoms with Gasteiger partial charge in [-0.15, -0.1) is 0 Å². The molecule has 0 radical (unpaired) electrons. The normalized spacial score (nSPS) is 15.5. The Hall–Kier alpha value is -1.14. The van der Waals surface area contributed by atoms with Crippen molar-refractivity contribution >= 4 is 11.9 Å². The molecule has 0 aromatic heterocycles. The molecule has 0 aromatic carbocycles. The number of aliphatic hydroxyl groups is 1. The van der Waals surface area contributed by atoms with Crippen molar-refractivity contribution in [2.45, 2.75) is 19.0 Å². The predicted octanol–water partition coefficient (Wildman–Crippen LogP) is -2.02. The number of nitrogens with two attached hydrogens (primary N) is 1. The third-order valence-corrected chi connectivity index (χ3v) is 1.41. The van der Waals surface area contributed by atoms with Gasteiger partial charge in [0.1, 0.15) is 13.5 Å². The highest BCUT2D eigenvalue weighted by Gasteiger charge is 2.19. The van der Waals surface area contributed by atoms with Gasteiger partial charge in [0, 0.05) is 0 Å². The summed E-state index contributed by atoms with van der Waals surface area (Å²) in [5.41, 5.74) is 1.85. The number of rotatable bonds is 5. The average Bonchev–Trinajstić information content (AvgIpc) is 2.18. The molecule has 0 spiro atoms. The number of hydrogen-bond donors (Lipinski definition) is 3. The zero-order valence-corrected chi connectivity index (χ0v) is 7.53. The van der Waals surface area contributed by atoms with Gasteiger partial charge in [0.25, 0.3) is 0 Å². The smallest absolute Gasteiger partial charge is 0.328 e. The second-order valence-electron chi connectivity index (χ2n) is 2.49. The summed E-state index contributed by atoms with van der Waals surface area (Å²) in [6.45, 7) is 0.936. The minimum absolute atomic E-state index is 0.511. The zero-order valence-electron chi connectivity index (χ0n) is 8.53.